The molecule has 0 aliphatic carbocycles. The fourth-order valence-corrected chi connectivity index (χ4v) is 1.96. The molecule has 1 heterocycles. The zero-order chi connectivity index (χ0) is 15.5. The molecule has 6 heteroatoms. The van der Waals surface area contributed by atoms with Crippen LogP contribution in [0.4, 0.5) is 5.82 Å². The first-order valence-electron chi connectivity index (χ1n) is 6.51. The van der Waals surface area contributed by atoms with Gasteiger partial charge in [0.25, 0.3) is 0 Å². The summed E-state index contributed by atoms with van der Waals surface area (Å²) in [4.78, 5) is 8.36. The Labute approximate surface area is 129 Å². The third-order valence-corrected chi connectivity index (χ3v) is 3.12. The SMILES string of the molecule is COc1ccc(-c2cc(NC(C)(C)CO)nc(Cl)n2)cc1. The van der Waals surface area contributed by atoms with Crippen molar-refractivity contribution in [3.8, 4) is 17.0 Å². The van der Waals surface area contributed by atoms with Gasteiger partial charge < -0.3 is 15.2 Å². The van der Waals surface area contributed by atoms with Crippen molar-refractivity contribution in [1.82, 2.24) is 9.97 Å². The third kappa shape index (κ3) is 4.06. The molecule has 5 nitrogen and oxygen atoms in total. The van der Waals surface area contributed by atoms with E-state index in [0.717, 1.165) is 11.3 Å². The summed E-state index contributed by atoms with van der Waals surface area (Å²) in [5, 5.41) is 12.6. The number of hydrogen-bond acceptors (Lipinski definition) is 5. The van der Waals surface area contributed by atoms with E-state index in [4.69, 9.17) is 16.3 Å². The van der Waals surface area contributed by atoms with Crippen LogP contribution in [0.1, 0.15) is 13.8 Å². The summed E-state index contributed by atoms with van der Waals surface area (Å²) in [6.45, 7) is 3.72. The number of halogens is 1. The summed E-state index contributed by atoms with van der Waals surface area (Å²) in [5.41, 5.74) is 1.12. The number of nitrogens with zero attached hydrogens (tertiary/aromatic N) is 2. The van der Waals surface area contributed by atoms with Crippen LogP contribution in [0.5, 0.6) is 5.75 Å². The molecule has 21 heavy (non-hydrogen) atoms. The molecule has 2 N–H and O–H groups in total. The second-order valence-corrected chi connectivity index (χ2v) is 5.64. The number of aromatic nitrogens is 2. The molecule has 0 saturated carbocycles. The Kier molecular flexibility index (Phi) is 4.65. The first kappa shape index (κ1) is 15.5. The van der Waals surface area contributed by atoms with E-state index in [9.17, 15) is 5.11 Å². The first-order valence-corrected chi connectivity index (χ1v) is 6.89. The number of aliphatic hydroxyl groups excluding tert-OH is 1. The average Bonchev–Trinajstić information content (AvgIpc) is 2.46. The largest absolute Gasteiger partial charge is 0.497 e. The van der Waals surface area contributed by atoms with Crippen molar-refractivity contribution in [1.29, 1.82) is 0 Å². The topological polar surface area (TPSA) is 67.3 Å². The molecule has 0 saturated heterocycles. The maximum atomic E-state index is 9.32. The minimum absolute atomic E-state index is 0.0213. The van der Waals surface area contributed by atoms with Crippen molar-refractivity contribution in [2.45, 2.75) is 19.4 Å². The zero-order valence-corrected chi connectivity index (χ0v) is 13.0. The van der Waals surface area contributed by atoms with Crippen LogP contribution in [0.15, 0.2) is 30.3 Å². The van der Waals surface area contributed by atoms with Crippen molar-refractivity contribution in [3.05, 3.63) is 35.6 Å². The Balaban J connectivity index is 2.33. The van der Waals surface area contributed by atoms with Gasteiger partial charge in [0, 0.05) is 11.6 Å². The zero-order valence-electron chi connectivity index (χ0n) is 12.2. The van der Waals surface area contributed by atoms with Crippen LogP contribution in [0, 0.1) is 0 Å². The Morgan fingerprint density at radius 1 is 1.24 bits per heavy atom. The van der Waals surface area contributed by atoms with Crippen molar-refractivity contribution in [2.24, 2.45) is 0 Å². The monoisotopic (exact) mass is 307 g/mol. The molecule has 0 amide bonds. The Bertz CT molecular complexity index is 615. The fourth-order valence-electron chi connectivity index (χ4n) is 1.78. The lowest BCUT2D eigenvalue weighted by Gasteiger charge is -2.24. The maximum Gasteiger partial charge on any atom is 0.224 e. The molecule has 0 atom stereocenters. The van der Waals surface area contributed by atoms with E-state index >= 15 is 0 Å². The highest BCUT2D eigenvalue weighted by Crippen LogP contribution is 2.25. The van der Waals surface area contributed by atoms with Gasteiger partial charge in [0.2, 0.25) is 5.28 Å². The van der Waals surface area contributed by atoms with Gasteiger partial charge >= 0.3 is 0 Å². The Hall–Kier alpha value is -1.85. The van der Waals surface area contributed by atoms with Gasteiger partial charge in [-0.3, -0.25) is 0 Å². The van der Waals surface area contributed by atoms with Crippen LogP contribution in [0.3, 0.4) is 0 Å². The van der Waals surface area contributed by atoms with E-state index in [2.05, 4.69) is 15.3 Å². The van der Waals surface area contributed by atoms with E-state index in [0.29, 0.717) is 11.5 Å². The summed E-state index contributed by atoms with van der Waals surface area (Å²) in [6.07, 6.45) is 0. The van der Waals surface area contributed by atoms with Gasteiger partial charge in [-0.15, -0.1) is 0 Å². The quantitative estimate of drug-likeness (QED) is 0.831. The van der Waals surface area contributed by atoms with Crippen LogP contribution in [0.2, 0.25) is 5.28 Å². The Morgan fingerprint density at radius 3 is 2.48 bits per heavy atom. The summed E-state index contributed by atoms with van der Waals surface area (Å²) in [5.74, 6) is 1.35. The molecule has 0 unspecified atom stereocenters. The molecule has 0 aliphatic heterocycles. The van der Waals surface area contributed by atoms with Crippen molar-refractivity contribution in [2.75, 3.05) is 19.0 Å². The lowest BCUT2D eigenvalue weighted by molar-refractivity contribution is 0.234. The molecule has 1 aromatic carbocycles. The second kappa shape index (κ2) is 6.28. The van der Waals surface area contributed by atoms with Crippen molar-refractivity contribution >= 4 is 17.4 Å². The summed E-state index contributed by atoms with van der Waals surface area (Å²) < 4.78 is 5.13. The van der Waals surface area contributed by atoms with Crippen molar-refractivity contribution < 1.29 is 9.84 Å². The average molecular weight is 308 g/mol. The van der Waals surface area contributed by atoms with Gasteiger partial charge in [-0.2, -0.15) is 0 Å². The van der Waals surface area contributed by atoms with Crippen LogP contribution in [-0.2, 0) is 0 Å². The van der Waals surface area contributed by atoms with E-state index < -0.39 is 5.54 Å². The number of rotatable bonds is 5. The maximum absolute atomic E-state index is 9.32. The number of nitrogens with one attached hydrogen (secondary N) is 1. The Morgan fingerprint density at radius 2 is 1.90 bits per heavy atom. The van der Waals surface area contributed by atoms with Crippen LogP contribution < -0.4 is 10.1 Å². The van der Waals surface area contributed by atoms with Gasteiger partial charge in [0.1, 0.15) is 11.6 Å². The molecule has 0 radical (unpaired) electrons. The summed E-state index contributed by atoms with van der Waals surface area (Å²) in [7, 11) is 1.62. The number of hydrogen-bond donors (Lipinski definition) is 2. The predicted molar refractivity (Wildman–Crippen MR) is 83.8 cm³/mol. The predicted octanol–water partition coefficient (Wildman–Crippen LogP) is 2.99. The molecule has 0 bridgehead atoms. The third-order valence-electron chi connectivity index (χ3n) is 2.95. The number of ether oxygens (including phenoxy) is 1. The second-order valence-electron chi connectivity index (χ2n) is 5.30. The number of benzene rings is 1. The molecule has 0 spiro atoms. The van der Waals surface area contributed by atoms with Gasteiger partial charge in [-0.05, 0) is 49.7 Å². The van der Waals surface area contributed by atoms with Gasteiger partial charge in [0.05, 0.1) is 24.9 Å². The van der Waals surface area contributed by atoms with Crippen LogP contribution in [0.25, 0.3) is 11.3 Å². The van der Waals surface area contributed by atoms with Gasteiger partial charge in [-0.1, -0.05) is 0 Å². The molecule has 2 rings (SSSR count). The highest BCUT2D eigenvalue weighted by molar-refractivity contribution is 6.28. The number of anilines is 1. The molecule has 2 aromatic rings. The van der Waals surface area contributed by atoms with Crippen LogP contribution >= 0.6 is 11.6 Å². The standard InChI is InChI=1S/C15H18ClN3O2/c1-15(2,9-20)19-13-8-12(17-14(16)18-13)10-4-6-11(21-3)7-5-10/h4-8,20H,9H2,1-3H3,(H,17,18,19). The molecule has 112 valence electrons. The highest BCUT2D eigenvalue weighted by atomic mass is 35.5. The van der Waals surface area contributed by atoms with Gasteiger partial charge in [0.15, 0.2) is 0 Å². The number of aliphatic hydroxyl groups is 1. The lowest BCUT2D eigenvalue weighted by Crippen LogP contribution is -2.35. The van der Waals surface area contributed by atoms with E-state index in [-0.39, 0.29) is 11.9 Å². The molecule has 0 fully saturated rings. The van der Waals surface area contributed by atoms with E-state index in [1.807, 2.05) is 38.1 Å². The smallest absolute Gasteiger partial charge is 0.224 e. The normalized spacial score (nSPS) is 11.3. The van der Waals surface area contributed by atoms with E-state index in [1.165, 1.54) is 0 Å². The molecular weight excluding hydrogens is 290 g/mol. The fraction of sp³-hybridized carbons (Fsp3) is 0.333. The van der Waals surface area contributed by atoms with Crippen molar-refractivity contribution in [3.63, 3.8) is 0 Å². The molecule has 1 aromatic heterocycles. The summed E-state index contributed by atoms with van der Waals surface area (Å²) >= 11 is 5.98. The molecule has 0 aliphatic rings. The minimum atomic E-state index is -0.491. The van der Waals surface area contributed by atoms with Crippen LogP contribution in [-0.4, -0.2) is 34.3 Å². The van der Waals surface area contributed by atoms with Gasteiger partial charge in [-0.25, -0.2) is 9.97 Å². The summed E-state index contributed by atoms with van der Waals surface area (Å²) in [6, 6.07) is 9.31. The lowest BCUT2D eigenvalue weighted by atomic mass is 10.1. The van der Waals surface area contributed by atoms with E-state index in [1.54, 1.807) is 13.2 Å². The molecular formula is C15H18ClN3O2. The number of methoxy groups -OCH3 is 1. The first-order chi connectivity index (χ1) is 9.93. The minimum Gasteiger partial charge on any atom is -0.497 e. The highest BCUT2D eigenvalue weighted by Gasteiger charge is 2.17.